The number of piperidine rings is 1. The minimum Gasteiger partial charge on any atom is -0.508 e. The molecule has 0 unspecified atom stereocenters. The lowest BCUT2D eigenvalue weighted by Gasteiger charge is -2.43. The number of rotatable bonds is 13. The van der Waals surface area contributed by atoms with Crippen LogP contribution in [0.15, 0.2) is 66.7 Å². The Morgan fingerprint density at radius 1 is 0.821 bits per heavy atom. The van der Waals surface area contributed by atoms with Crippen LogP contribution >= 0.6 is 11.3 Å². The first kappa shape index (κ1) is 34.9. The number of carbonyl (C=O) groups excluding carboxylic acids is 5. The van der Waals surface area contributed by atoms with Crippen molar-refractivity contribution < 1.29 is 67.7 Å². The van der Waals surface area contributed by atoms with Crippen molar-refractivity contribution in [2.45, 2.75) is 70.7 Å². The second-order valence-corrected chi connectivity index (χ2v) is 14.1. The number of phenols is 1. The summed E-state index contributed by atoms with van der Waals surface area (Å²) >= 11 is 1.22. The fraction of sp³-hybridized carbons (Fsp3) is 0.390. The van der Waals surface area contributed by atoms with Gasteiger partial charge in [0.1, 0.15) is 23.8 Å². The van der Waals surface area contributed by atoms with E-state index < -0.39 is 73.4 Å². The van der Waals surface area contributed by atoms with Crippen LogP contribution in [-0.2, 0) is 42.9 Å². The Bertz CT molecular complexity index is 2240. The Kier molecular flexibility index (Phi) is 11.2. The standard InChI is InChI=1S/C41H43NO13S/c1-23(43)51-35-36(52-24(2)44)38(53-25(3)45)41(55-37(35)40(48)49-4)54-30-16-17-31-32(22-30)56-39(27-8-12-28(46)13-9-27)33(31)34(47)26-10-14-29(15-11-26)50-21-20-42-18-6-5-7-19-42/h8-17,22,35-38,41,46H,5-7,18-21H2,1-4H3/t35-,36-,37-,38+,41+/m0/s1/i20D2,21D2. The van der Waals surface area contributed by atoms with E-state index in [1.807, 2.05) is 0 Å². The van der Waals surface area contributed by atoms with Crippen LogP contribution in [0.25, 0.3) is 20.5 Å². The molecule has 15 heteroatoms. The number of ether oxygens (including phenoxy) is 7. The van der Waals surface area contributed by atoms with Gasteiger partial charge in [0, 0.05) is 56.1 Å². The number of likely N-dealkylation sites (tertiary alicyclic amines) is 1. The van der Waals surface area contributed by atoms with E-state index in [2.05, 4.69) is 0 Å². The van der Waals surface area contributed by atoms with Gasteiger partial charge in [0.25, 0.3) is 0 Å². The number of ketones is 1. The molecule has 0 radical (unpaired) electrons. The Morgan fingerprint density at radius 3 is 2.09 bits per heavy atom. The number of benzene rings is 3. The van der Waals surface area contributed by atoms with E-state index >= 15 is 0 Å². The number of hydrogen-bond acceptors (Lipinski definition) is 15. The summed E-state index contributed by atoms with van der Waals surface area (Å²) in [5.74, 6) is -3.81. The number of carbonyl (C=O) groups is 5. The molecule has 4 aromatic rings. The highest BCUT2D eigenvalue weighted by atomic mass is 32.1. The highest BCUT2D eigenvalue weighted by Crippen LogP contribution is 2.42. The molecular formula is C41H43NO13S. The summed E-state index contributed by atoms with van der Waals surface area (Å²) in [6, 6.07) is 16.6. The van der Waals surface area contributed by atoms with Crippen molar-refractivity contribution in [2.75, 3.05) is 33.3 Å². The molecular weight excluding hydrogens is 747 g/mol. The molecule has 0 amide bonds. The Balaban J connectivity index is 1.34. The van der Waals surface area contributed by atoms with Crippen molar-refractivity contribution >= 4 is 51.1 Å². The van der Waals surface area contributed by atoms with Gasteiger partial charge in [-0.3, -0.25) is 24.1 Å². The van der Waals surface area contributed by atoms with Gasteiger partial charge in [0.2, 0.25) is 12.4 Å². The first-order valence-corrected chi connectivity index (χ1v) is 18.6. The van der Waals surface area contributed by atoms with Crippen molar-refractivity contribution in [2.24, 2.45) is 0 Å². The topological polar surface area (TPSA) is 173 Å². The number of hydrogen-bond donors (Lipinski definition) is 1. The second kappa shape index (κ2) is 18.0. The van der Waals surface area contributed by atoms with E-state index in [1.54, 1.807) is 24.3 Å². The normalized spacial score (nSPS) is 22.7. The predicted molar refractivity (Wildman–Crippen MR) is 203 cm³/mol. The maximum absolute atomic E-state index is 14.4. The first-order valence-electron chi connectivity index (χ1n) is 19.8. The minimum absolute atomic E-state index is 0.00612. The molecule has 0 bridgehead atoms. The van der Waals surface area contributed by atoms with Crippen molar-refractivity contribution in [1.82, 2.24) is 4.90 Å². The molecule has 2 aliphatic heterocycles. The summed E-state index contributed by atoms with van der Waals surface area (Å²) in [6.45, 7) is -1.09. The van der Waals surface area contributed by atoms with Crippen molar-refractivity contribution in [1.29, 1.82) is 0 Å². The molecule has 14 nitrogen and oxygen atoms in total. The second-order valence-electron chi connectivity index (χ2n) is 13.0. The van der Waals surface area contributed by atoms with Gasteiger partial charge in [-0.1, -0.05) is 6.42 Å². The predicted octanol–water partition coefficient (Wildman–Crippen LogP) is 5.44. The van der Waals surface area contributed by atoms with Crippen LogP contribution in [-0.4, -0.2) is 104 Å². The summed E-state index contributed by atoms with van der Waals surface area (Å²) < 4.78 is 73.3. The van der Waals surface area contributed by atoms with Gasteiger partial charge in [-0.05, 0) is 98.2 Å². The highest BCUT2D eigenvalue weighted by molar-refractivity contribution is 7.22. The van der Waals surface area contributed by atoms with Crippen LogP contribution < -0.4 is 9.47 Å². The molecule has 56 heavy (non-hydrogen) atoms. The number of fused-ring (bicyclic) bond motifs is 1. The van der Waals surface area contributed by atoms with Gasteiger partial charge < -0.3 is 38.3 Å². The number of aromatic hydroxyl groups is 1. The Morgan fingerprint density at radius 2 is 1.45 bits per heavy atom. The lowest BCUT2D eigenvalue weighted by molar-refractivity contribution is -0.282. The third-order valence-electron chi connectivity index (χ3n) is 8.95. The zero-order valence-corrected chi connectivity index (χ0v) is 31.8. The number of phenolic OH excluding ortho intramolecular Hbond substituents is 1. The Labute approximate surface area is 332 Å². The molecule has 5 atom stereocenters. The average Bonchev–Trinajstić information content (AvgIpc) is 3.58. The SMILES string of the molecule is [2H]C([2H])(Oc1ccc(C(=O)c2c(-c3ccc(O)cc3)sc3cc(O[C@@H]4O[C@H](C(=O)OC)[C@@H](OC(C)=O)[C@H](OC(C)=O)[C@H]4OC(C)=O)ccc23)cc1)C([2H])([2H])N1CCCCC1. The first-order chi connectivity index (χ1) is 28.4. The summed E-state index contributed by atoms with van der Waals surface area (Å²) in [7, 11) is 1.07. The van der Waals surface area contributed by atoms with Gasteiger partial charge in [-0.25, -0.2) is 4.79 Å². The van der Waals surface area contributed by atoms with E-state index in [0.29, 0.717) is 33.6 Å². The fourth-order valence-electron chi connectivity index (χ4n) is 6.47. The average molecular weight is 794 g/mol. The lowest BCUT2D eigenvalue weighted by atomic mass is 9.97. The van der Waals surface area contributed by atoms with E-state index in [0.717, 1.165) is 47.1 Å². The van der Waals surface area contributed by atoms with Gasteiger partial charge in [-0.15, -0.1) is 11.3 Å². The molecule has 2 aliphatic rings. The fourth-order valence-corrected chi connectivity index (χ4v) is 7.70. The molecule has 6 rings (SSSR count). The molecule has 1 aromatic heterocycles. The quantitative estimate of drug-likeness (QED) is 0.103. The van der Waals surface area contributed by atoms with Crippen molar-refractivity contribution in [3.63, 3.8) is 0 Å². The van der Waals surface area contributed by atoms with E-state index in [-0.39, 0.29) is 28.4 Å². The Hall–Kier alpha value is -5.51. The van der Waals surface area contributed by atoms with Crippen LogP contribution in [0.1, 0.15) is 61.4 Å². The zero-order valence-electron chi connectivity index (χ0n) is 35.0. The van der Waals surface area contributed by atoms with Gasteiger partial charge in [0.05, 0.1) is 9.85 Å². The summed E-state index contributed by atoms with van der Waals surface area (Å²) in [5, 5.41) is 10.5. The van der Waals surface area contributed by atoms with Crippen molar-refractivity contribution in [3.05, 3.63) is 77.9 Å². The van der Waals surface area contributed by atoms with Gasteiger partial charge in [0.15, 0.2) is 24.1 Å². The number of esters is 4. The molecule has 0 aliphatic carbocycles. The van der Waals surface area contributed by atoms with E-state index in [1.165, 1.54) is 58.7 Å². The lowest BCUT2D eigenvalue weighted by Crippen LogP contribution is -2.64. The van der Waals surface area contributed by atoms with Crippen LogP contribution in [0.3, 0.4) is 0 Å². The van der Waals surface area contributed by atoms with E-state index in [9.17, 15) is 29.1 Å². The number of nitrogens with zero attached hydrogens (tertiary/aromatic N) is 1. The minimum atomic E-state index is -2.71. The zero-order chi connectivity index (χ0) is 43.5. The highest BCUT2D eigenvalue weighted by Gasteiger charge is 2.56. The number of thiophene rings is 1. The molecule has 0 saturated carbocycles. The monoisotopic (exact) mass is 793 g/mol. The number of methoxy groups -OCH3 is 1. The molecule has 296 valence electrons. The summed E-state index contributed by atoms with van der Waals surface area (Å²) in [4.78, 5) is 65.9. The maximum atomic E-state index is 14.4. The van der Waals surface area contributed by atoms with Crippen LogP contribution in [0.2, 0.25) is 0 Å². The third-order valence-corrected chi connectivity index (χ3v) is 10.2. The van der Waals surface area contributed by atoms with Crippen LogP contribution in [0, 0.1) is 0 Å². The van der Waals surface area contributed by atoms with Crippen molar-refractivity contribution in [3.8, 4) is 27.7 Å². The summed E-state index contributed by atoms with van der Waals surface area (Å²) in [5.41, 5.74) is 1.10. The molecule has 3 aromatic carbocycles. The molecule has 1 N–H and O–H groups in total. The molecule has 2 fully saturated rings. The maximum Gasteiger partial charge on any atom is 0.339 e. The third kappa shape index (κ3) is 9.46. The van der Waals surface area contributed by atoms with Gasteiger partial charge in [-0.2, -0.15) is 0 Å². The van der Waals surface area contributed by atoms with Gasteiger partial charge >= 0.3 is 23.9 Å². The van der Waals surface area contributed by atoms with Crippen LogP contribution in [0.5, 0.6) is 17.2 Å². The summed E-state index contributed by atoms with van der Waals surface area (Å²) in [6.07, 6.45) is -5.55. The van der Waals surface area contributed by atoms with Crippen LogP contribution in [0.4, 0.5) is 0 Å². The molecule has 3 heterocycles. The smallest absolute Gasteiger partial charge is 0.339 e. The van der Waals surface area contributed by atoms with E-state index in [4.69, 9.17) is 38.6 Å². The molecule has 2 saturated heterocycles. The molecule has 0 spiro atoms. The largest absolute Gasteiger partial charge is 0.508 e.